The van der Waals surface area contributed by atoms with E-state index in [0.717, 1.165) is 83.5 Å². The second kappa shape index (κ2) is 59.2. The van der Waals surface area contributed by atoms with E-state index >= 15 is 0 Å². The maximum Gasteiger partial charge on any atom is 0.306 e. The Kier molecular flexibility index (Phi) is 56.3. The highest BCUT2D eigenvalue weighted by Gasteiger charge is 2.19. The number of hydrogen-bond donors (Lipinski definition) is 0. The van der Waals surface area contributed by atoms with Gasteiger partial charge < -0.3 is 14.2 Å². The average molecular weight is 990 g/mol. The van der Waals surface area contributed by atoms with Crippen LogP contribution in [0.25, 0.3) is 0 Å². The average Bonchev–Trinajstić information content (AvgIpc) is 3.37. The van der Waals surface area contributed by atoms with Gasteiger partial charge in [-0.3, -0.25) is 14.4 Å². The fourth-order valence-electron chi connectivity index (χ4n) is 8.28. The summed E-state index contributed by atoms with van der Waals surface area (Å²) in [4.78, 5) is 38.2. The summed E-state index contributed by atoms with van der Waals surface area (Å²) in [7, 11) is 0. The molecule has 0 aromatic carbocycles. The standard InChI is InChI=1S/C65H112O6/c1-4-7-10-13-16-19-22-25-28-31-32-35-37-40-43-46-49-52-55-58-64(67)70-61-62(71-65(68)59-56-53-50-47-44-41-38-34-30-27-24-21-18-15-12-9-6-3)60-69-63(66)57-54-51-48-45-42-39-36-33-29-26-23-20-17-14-11-8-5-2/h17,20,25-30,36,38-39,41,47,50,62H,4-16,18-19,21-24,31-35,37,40,42-46,48-49,51-61H2,1-3H3/b20-17-,28-25-,29-26-,30-27-,39-36-,41-38-,50-47-/t62-/m1/s1. The molecule has 0 N–H and O–H groups in total. The lowest BCUT2D eigenvalue weighted by Crippen LogP contribution is -2.30. The second-order valence-corrected chi connectivity index (χ2v) is 19.9. The Balaban J connectivity index is 4.48. The van der Waals surface area contributed by atoms with Crippen molar-refractivity contribution >= 4 is 17.9 Å². The normalized spacial score (nSPS) is 12.7. The van der Waals surface area contributed by atoms with Crippen LogP contribution in [0.2, 0.25) is 0 Å². The summed E-state index contributed by atoms with van der Waals surface area (Å²) in [6, 6.07) is 0. The molecule has 6 heteroatoms. The molecule has 71 heavy (non-hydrogen) atoms. The van der Waals surface area contributed by atoms with Crippen molar-refractivity contribution in [2.24, 2.45) is 0 Å². The molecule has 0 amide bonds. The summed E-state index contributed by atoms with van der Waals surface area (Å²) in [5.41, 5.74) is 0. The molecule has 6 nitrogen and oxygen atoms in total. The zero-order chi connectivity index (χ0) is 51.4. The van der Waals surface area contributed by atoms with Crippen LogP contribution < -0.4 is 0 Å². The Bertz CT molecular complexity index is 1370. The first-order chi connectivity index (χ1) is 35.0. The molecular weight excluding hydrogens is 877 g/mol. The van der Waals surface area contributed by atoms with Gasteiger partial charge in [-0.15, -0.1) is 0 Å². The van der Waals surface area contributed by atoms with Crippen molar-refractivity contribution in [3.63, 3.8) is 0 Å². The highest BCUT2D eigenvalue weighted by Crippen LogP contribution is 2.15. The molecule has 0 fully saturated rings. The summed E-state index contributed by atoms with van der Waals surface area (Å²) in [6.07, 6.45) is 77.2. The number of unbranched alkanes of at least 4 members (excludes halogenated alkanes) is 29. The first-order valence-electron chi connectivity index (χ1n) is 30.1. The van der Waals surface area contributed by atoms with Gasteiger partial charge in [-0.2, -0.15) is 0 Å². The number of carbonyl (C=O) groups excluding carboxylic acids is 3. The molecule has 0 heterocycles. The van der Waals surface area contributed by atoms with Crippen molar-refractivity contribution in [1.82, 2.24) is 0 Å². The quantitative estimate of drug-likeness (QED) is 0.0261. The van der Waals surface area contributed by atoms with E-state index in [1.807, 2.05) is 0 Å². The van der Waals surface area contributed by atoms with Crippen LogP contribution >= 0.6 is 0 Å². The fourth-order valence-corrected chi connectivity index (χ4v) is 8.28. The maximum atomic E-state index is 12.9. The van der Waals surface area contributed by atoms with E-state index in [9.17, 15) is 14.4 Å². The molecule has 0 radical (unpaired) electrons. The third-order valence-electron chi connectivity index (χ3n) is 12.8. The number of rotatable bonds is 54. The van der Waals surface area contributed by atoms with E-state index in [1.165, 1.54) is 161 Å². The van der Waals surface area contributed by atoms with Gasteiger partial charge in [0.25, 0.3) is 0 Å². The van der Waals surface area contributed by atoms with E-state index in [1.54, 1.807) is 0 Å². The number of allylic oxidation sites excluding steroid dienone is 14. The van der Waals surface area contributed by atoms with Gasteiger partial charge in [-0.05, 0) is 116 Å². The van der Waals surface area contributed by atoms with E-state index in [2.05, 4.69) is 106 Å². The van der Waals surface area contributed by atoms with Gasteiger partial charge in [0.15, 0.2) is 6.10 Å². The van der Waals surface area contributed by atoms with Gasteiger partial charge >= 0.3 is 17.9 Å². The van der Waals surface area contributed by atoms with Crippen LogP contribution in [0.1, 0.15) is 290 Å². The first-order valence-corrected chi connectivity index (χ1v) is 30.1. The minimum Gasteiger partial charge on any atom is -0.462 e. The fraction of sp³-hybridized carbons (Fsp3) is 0.738. The number of esters is 3. The Morgan fingerprint density at radius 3 is 0.873 bits per heavy atom. The molecule has 0 aliphatic heterocycles. The second-order valence-electron chi connectivity index (χ2n) is 19.9. The molecule has 0 aliphatic carbocycles. The van der Waals surface area contributed by atoms with Crippen molar-refractivity contribution in [3.05, 3.63) is 85.1 Å². The lowest BCUT2D eigenvalue weighted by atomic mass is 10.1. The predicted molar refractivity (Wildman–Crippen MR) is 307 cm³/mol. The molecule has 0 unspecified atom stereocenters. The molecule has 0 aromatic heterocycles. The van der Waals surface area contributed by atoms with Crippen LogP contribution in [0.15, 0.2) is 85.1 Å². The monoisotopic (exact) mass is 989 g/mol. The number of carbonyl (C=O) groups is 3. The van der Waals surface area contributed by atoms with E-state index in [0.29, 0.717) is 19.3 Å². The third kappa shape index (κ3) is 57.4. The summed E-state index contributed by atoms with van der Waals surface area (Å²) >= 11 is 0. The Morgan fingerprint density at radius 2 is 0.521 bits per heavy atom. The van der Waals surface area contributed by atoms with Crippen LogP contribution in [0.5, 0.6) is 0 Å². The molecule has 0 aromatic rings. The van der Waals surface area contributed by atoms with Crippen molar-refractivity contribution in [3.8, 4) is 0 Å². The first kappa shape index (κ1) is 67.6. The number of ether oxygens (including phenoxy) is 3. The minimum atomic E-state index is -0.814. The molecule has 0 spiro atoms. The molecule has 0 saturated heterocycles. The van der Waals surface area contributed by atoms with Crippen LogP contribution in [0.4, 0.5) is 0 Å². The highest BCUT2D eigenvalue weighted by atomic mass is 16.6. The smallest absolute Gasteiger partial charge is 0.306 e. The van der Waals surface area contributed by atoms with Crippen LogP contribution in [-0.4, -0.2) is 37.2 Å². The van der Waals surface area contributed by atoms with Gasteiger partial charge in [0.2, 0.25) is 0 Å². The molecule has 0 saturated carbocycles. The molecule has 0 aliphatic rings. The topological polar surface area (TPSA) is 78.9 Å². The van der Waals surface area contributed by atoms with Crippen LogP contribution in [-0.2, 0) is 28.6 Å². The Labute approximate surface area is 439 Å². The zero-order valence-electron chi connectivity index (χ0n) is 46.7. The van der Waals surface area contributed by atoms with E-state index in [-0.39, 0.29) is 37.5 Å². The zero-order valence-corrected chi connectivity index (χ0v) is 46.7. The van der Waals surface area contributed by atoms with Crippen LogP contribution in [0.3, 0.4) is 0 Å². The molecule has 1 atom stereocenters. The highest BCUT2D eigenvalue weighted by molar-refractivity contribution is 5.71. The Hall–Kier alpha value is -3.41. The molecular formula is C65H112O6. The van der Waals surface area contributed by atoms with Crippen molar-refractivity contribution < 1.29 is 28.6 Å². The summed E-state index contributed by atoms with van der Waals surface area (Å²) in [5.74, 6) is -0.974. The molecule has 0 rings (SSSR count). The van der Waals surface area contributed by atoms with E-state index < -0.39 is 6.10 Å². The third-order valence-corrected chi connectivity index (χ3v) is 12.8. The van der Waals surface area contributed by atoms with E-state index in [4.69, 9.17) is 14.2 Å². The maximum absolute atomic E-state index is 12.9. The minimum absolute atomic E-state index is 0.104. The predicted octanol–water partition coefficient (Wildman–Crippen LogP) is 20.3. The largest absolute Gasteiger partial charge is 0.462 e. The molecule has 0 bridgehead atoms. The number of hydrogen-bond acceptors (Lipinski definition) is 6. The van der Waals surface area contributed by atoms with Crippen molar-refractivity contribution in [2.45, 2.75) is 297 Å². The van der Waals surface area contributed by atoms with Gasteiger partial charge in [-0.1, -0.05) is 241 Å². The van der Waals surface area contributed by atoms with Crippen molar-refractivity contribution in [2.75, 3.05) is 13.2 Å². The van der Waals surface area contributed by atoms with Gasteiger partial charge in [0, 0.05) is 19.3 Å². The van der Waals surface area contributed by atoms with Crippen LogP contribution in [0, 0.1) is 0 Å². The van der Waals surface area contributed by atoms with Gasteiger partial charge in [0.05, 0.1) is 0 Å². The van der Waals surface area contributed by atoms with Gasteiger partial charge in [0.1, 0.15) is 13.2 Å². The lowest BCUT2D eigenvalue weighted by molar-refractivity contribution is -0.167. The Morgan fingerprint density at radius 1 is 0.282 bits per heavy atom. The summed E-state index contributed by atoms with van der Waals surface area (Å²) < 4.78 is 16.8. The lowest BCUT2D eigenvalue weighted by Gasteiger charge is -2.18. The summed E-state index contributed by atoms with van der Waals surface area (Å²) in [5, 5.41) is 0. The molecule has 408 valence electrons. The summed E-state index contributed by atoms with van der Waals surface area (Å²) in [6.45, 7) is 6.56. The SMILES string of the molecule is CCCCC/C=C\C/C=C\C/C=C\CCCCCCC(=O)OC[C@H](COC(=O)CCCCCCCCCCC/C=C\CCCCCCCC)OC(=O)CCC/C=C\C/C=C\C/C=C\CCCCCCCC. The van der Waals surface area contributed by atoms with Crippen molar-refractivity contribution in [1.29, 1.82) is 0 Å². The van der Waals surface area contributed by atoms with Gasteiger partial charge in [-0.25, -0.2) is 0 Å².